The first-order valence-electron chi connectivity index (χ1n) is 8.21. The summed E-state index contributed by atoms with van der Waals surface area (Å²) in [6.07, 6.45) is 8.32. The fraction of sp³-hybridized carbons (Fsp3) is 1.00. The van der Waals surface area contributed by atoms with E-state index in [1.165, 1.54) is 38.5 Å². The molecule has 0 radical (unpaired) electrons. The highest BCUT2D eigenvalue weighted by molar-refractivity contribution is 4.88. The molecule has 0 aromatic rings. The Morgan fingerprint density at radius 1 is 1.16 bits per heavy atom. The summed E-state index contributed by atoms with van der Waals surface area (Å²) in [4.78, 5) is 0. The lowest BCUT2D eigenvalue weighted by molar-refractivity contribution is -0.0320. The molecule has 3 nitrogen and oxygen atoms in total. The van der Waals surface area contributed by atoms with Gasteiger partial charge in [-0.1, -0.05) is 20.3 Å². The van der Waals surface area contributed by atoms with Gasteiger partial charge < -0.3 is 4.74 Å². The summed E-state index contributed by atoms with van der Waals surface area (Å²) < 4.78 is 5.65. The van der Waals surface area contributed by atoms with Gasteiger partial charge in [-0.3, -0.25) is 11.3 Å². The minimum atomic E-state index is 0.516. The van der Waals surface area contributed by atoms with E-state index in [2.05, 4.69) is 26.2 Å². The summed E-state index contributed by atoms with van der Waals surface area (Å²) >= 11 is 0. The van der Waals surface area contributed by atoms with E-state index in [9.17, 15) is 0 Å². The van der Waals surface area contributed by atoms with Crippen molar-refractivity contribution in [2.45, 2.75) is 71.4 Å². The van der Waals surface area contributed by atoms with Crippen molar-refractivity contribution in [3.63, 3.8) is 0 Å². The van der Waals surface area contributed by atoms with Crippen LogP contribution in [0.5, 0.6) is 0 Å². The third kappa shape index (κ3) is 3.93. The Labute approximate surface area is 118 Å². The van der Waals surface area contributed by atoms with Crippen molar-refractivity contribution in [3.8, 4) is 0 Å². The molecule has 0 saturated heterocycles. The van der Waals surface area contributed by atoms with Gasteiger partial charge in [0.15, 0.2) is 0 Å². The van der Waals surface area contributed by atoms with Gasteiger partial charge in [0.1, 0.15) is 0 Å². The lowest BCUT2D eigenvalue weighted by Gasteiger charge is -2.41. The fourth-order valence-corrected chi connectivity index (χ4v) is 3.95. The molecule has 0 spiro atoms. The molecule has 3 heteroatoms. The van der Waals surface area contributed by atoms with Gasteiger partial charge in [0.05, 0.1) is 6.10 Å². The van der Waals surface area contributed by atoms with E-state index in [-0.39, 0.29) is 0 Å². The molecule has 112 valence electrons. The molecule has 0 amide bonds. The van der Waals surface area contributed by atoms with Crippen LogP contribution in [0.2, 0.25) is 0 Å². The van der Waals surface area contributed by atoms with Crippen LogP contribution in [-0.2, 0) is 4.74 Å². The molecular formula is C16H32N2O. The van der Waals surface area contributed by atoms with Gasteiger partial charge in [-0.25, -0.2) is 0 Å². The van der Waals surface area contributed by atoms with E-state index in [0.717, 1.165) is 30.3 Å². The molecule has 0 heterocycles. The molecule has 2 aliphatic carbocycles. The highest BCUT2D eigenvalue weighted by Gasteiger charge is 2.35. The highest BCUT2D eigenvalue weighted by Crippen LogP contribution is 2.39. The molecule has 0 aliphatic heterocycles. The maximum atomic E-state index is 5.82. The first-order chi connectivity index (χ1) is 9.13. The van der Waals surface area contributed by atoms with Crippen molar-refractivity contribution >= 4 is 0 Å². The summed E-state index contributed by atoms with van der Waals surface area (Å²) in [5.41, 5.74) is 3.11. The van der Waals surface area contributed by atoms with Crippen LogP contribution >= 0.6 is 0 Å². The molecule has 4 atom stereocenters. The number of nitrogens with one attached hydrogen (secondary N) is 1. The van der Waals surface area contributed by atoms with Crippen molar-refractivity contribution in [1.29, 1.82) is 0 Å². The first kappa shape index (κ1) is 15.3. The first-order valence-corrected chi connectivity index (χ1v) is 8.21. The van der Waals surface area contributed by atoms with Crippen LogP contribution in [0, 0.1) is 23.7 Å². The molecule has 3 N–H and O–H groups in total. The van der Waals surface area contributed by atoms with E-state index in [1.54, 1.807) is 0 Å². The van der Waals surface area contributed by atoms with Crippen molar-refractivity contribution in [2.75, 3.05) is 6.61 Å². The molecule has 2 fully saturated rings. The lowest BCUT2D eigenvalue weighted by Crippen LogP contribution is -2.46. The van der Waals surface area contributed by atoms with E-state index >= 15 is 0 Å². The monoisotopic (exact) mass is 268 g/mol. The van der Waals surface area contributed by atoms with Crippen LogP contribution in [0.4, 0.5) is 0 Å². The Bertz CT molecular complexity index is 265. The normalized spacial score (nSPS) is 40.7. The second kappa shape index (κ2) is 7.05. The van der Waals surface area contributed by atoms with Gasteiger partial charge in [-0.2, -0.15) is 0 Å². The van der Waals surface area contributed by atoms with Gasteiger partial charge in [0, 0.05) is 12.6 Å². The number of rotatable bonds is 6. The third-order valence-corrected chi connectivity index (χ3v) is 5.60. The van der Waals surface area contributed by atoms with Gasteiger partial charge >= 0.3 is 0 Å². The molecule has 19 heavy (non-hydrogen) atoms. The topological polar surface area (TPSA) is 47.3 Å². The van der Waals surface area contributed by atoms with E-state index in [1.807, 2.05) is 0 Å². The molecule has 2 saturated carbocycles. The molecule has 0 bridgehead atoms. The average Bonchev–Trinajstić information content (AvgIpc) is 2.36. The maximum absolute atomic E-state index is 5.82. The zero-order valence-electron chi connectivity index (χ0n) is 12.9. The molecule has 0 aromatic carbocycles. The number of hydrazine groups is 1. The smallest absolute Gasteiger partial charge is 0.0580 e. The highest BCUT2D eigenvalue weighted by atomic mass is 16.5. The Morgan fingerprint density at radius 3 is 2.47 bits per heavy atom. The Balaban J connectivity index is 1.75. The van der Waals surface area contributed by atoms with Crippen molar-refractivity contribution < 1.29 is 4.74 Å². The predicted octanol–water partition coefficient (Wildman–Crippen LogP) is 3.10. The largest absolute Gasteiger partial charge is 0.378 e. The lowest BCUT2D eigenvalue weighted by atomic mass is 9.69. The van der Waals surface area contributed by atoms with E-state index in [0.29, 0.717) is 12.1 Å². The second-order valence-corrected chi connectivity index (χ2v) is 6.95. The zero-order chi connectivity index (χ0) is 13.8. The van der Waals surface area contributed by atoms with Crippen LogP contribution < -0.4 is 11.3 Å². The van der Waals surface area contributed by atoms with Gasteiger partial charge in [0.2, 0.25) is 0 Å². The van der Waals surface area contributed by atoms with Crippen LogP contribution in [-0.4, -0.2) is 18.8 Å². The van der Waals surface area contributed by atoms with E-state index in [4.69, 9.17) is 10.6 Å². The van der Waals surface area contributed by atoms with Gasteiger partial charge in [0.25, 0.3) is 0 Å². The van der Waals surface area contributed by atoms with Crippen molar-refractivity contribution in [3.05, 3.63) is 0 Å². The summed E-state index contributed by atoms with van der Waals surface area (Å²) in [5.74, 6) is 9.17. The molecular weight excluding hydrogens is 236 g/mol. The predicted molar refractivity (Wildman–Crippen MR) is 79.5 cm³/mol. The molecule has 2 aliphatic rings. The maximum Gasteiger partial charge on any atom is 0.0580 e. The second-order valence-electron chi connectivity index (χ2n) is 6.95. The van der Waals surface area contributed by atoms with Crippen LogP contribution in [0.3, 0.4) is 0 Å². The third-order valence-electron chi connectivity index (χ3n) is 5.60. The minimum Gasteiger partial charge on any atom is -0.378 e. The minimum absolute atomic E-state index is 0.516. The van der Waals surface area contributed by atoms with E-state index < -0.39 is 0 Å². The van der Waals surface area contributed by atoms with Crippen molar-refractivity contribution in [2.24, 2.45) is 29.5 Å². The van der Waals surface area contributed by atoms with Crippen LogP contribution in [0.25, 0.3) is 0 Å². The molecule has 4 unspecified atom stereocenters. The number of nitrogens with two attached hydrogens (primary N) is 1. The number of ether oxygens (including phenoxy) is 1. The summed E-state index contributed by atoms with van der Waals surface area (Å²) in [7, 11) is 0. The van der Waals surface area contributed by atoms with Crippen LogP contribution in [0.15, 0.2) is 0 Å². The Kier molecular flexibility index (Phi) is 5.67. The Morgan fingerprint density at radius 2 is 1.89 bits per heavy atom. The summed E-state index contributed by atoms with van der Waals surface area (Å²) in [5, 5.41) is 0. The van der Waals surface area contributed by atoms with Crippen LogP contribution in [0.1, 0.15) is 59.3 Å². The van der Waals surface area contributed by atoms with Gasteiger partial charge in [-0.15, -0.1) is 0 Å². The quantitative estimate of drug-likeness (QED) is 0.575. The number of hydrogen-bond acceptors (Lipinski definition) is 3. The summed E-state index contributed by atoms with van der Waals surface area (Å²) in [6.45, 7) is 7.74. The number of hydrogen-bond donors (Lipinski definition) is 2. The Hall–Kier alpha value is -0.120. The summed E-state index contributed by atoms with van der Waals surface area (Å²) in [6, 6.07) is 0.516. The zero-order valence-corrected chi connectivity index (χ0v) is 12.9. The van der Waals surface area contributed by atoms with Crippen molar-refractivity contribution in [1.82, 2.24) is 5.43 Å². The standard InChI is InChI=1S/C16H32N2O/c1-4-19-15-8-13(9-15)10-16(18-17)14-6-5-11(2)12(3)7-14/h11-16,18H,4-10,17H2,1-3H3. The average molecular weight is 268 g/mol. The molecule has 0 aromatic heterocycles. The fourth-order valence-electron chi connectivity index (χ4n) is 3.95. The SMILES string of the molecule is CCOC1CC(CC(NN)C2CCC(C)C(C)C2)C1. The van der Waals surface area contributed by atoms with Gasteiger partial charge in [-0.05, 0) is 62.7 Å². The molecule has 2 rings (SSSR count).